The van der Waals surface area contributed by atoms with E-state index in [0.29, 0.717) is 18.8 Å². The van der Waals surface area contributed by atoms with Gasteiger partial charge in [0.15, 0.2) is 0 Å². The minimum atomic E-state index is 0.0249. The van der Waals surface area contributed by atoms with Gasteiger partial charge in [-0.2, -0.15) is 0 Å². The zero-order valence-corrected chi connectivity index (χ0v) is 11.7. The predicted octanol–water partition coefficient (Wildman–Crippen LogP) is 0.286. The number of alkyl halides is 1. The van der Waals surface area contributed by atoms with Crippen molar-refractivity contribution in [3.8, 4) is 0 Å². The average Bonchev–Trinajstić information content (AvgIpc) is 2.39. The maximum Gasteiger partial charge on any atom is 0.233 e. The quantitative estimate of drug-likeness (QED) is 0.560. The molecule has 0 unspecified atom stereocenters. The molecule has 0 aromatic rings. The molecule has 1 rings (SSSR count). The fraction of sp³-hybridized carbons (Fsp3) is 0.833. The van der Waals surface area contributed by atoms with E-state index >= 15 is 0 Å². The van der Waals surface area contributed by atoms with Crippen molar-refractivity contribution in [3.05, 3.63) is 0 Å². The Hall–Kier alpha value is -0.810. The van der Waals surface area contributed by atoms with Crippen molar-refractivity contribution in [1.82, 2.24) is 15.1 Å². The number of unbranched alkanes of at least 4 members (excludes halogenated alkanes) is 1. The summed E-state index contributed by atoms with van der Waals surface area (Å²) in [6.45, 7) is 3.40. The highest BCUT2D eigenvalue weighted by Crippen LogP contribution is 2.06. The van der Waals surface area contributed by atoms with E-state index in [1.54, 1.807) is 7.05 Å². The molecule has 104 valence electrons. The molecule has 1 aliphatic rings. The minimum absolute atomic E-state index is 0.0249. The summed E-state index contributed by atoms with van der Waals surface area (Å²) in [5.74, 6) is 0.851. The fourth-order valence-electron chi connectivity index (χ4n) is 1.97. The maximum atomic E-state index is 11.8. The lowest BCUT2D eigenvalue weighted by atomic mass is 10.2. The summed E-state index contributed by atoms with van der Waals surface area (Å²) < 4.78 is 0. The SMILES string of the molecule is CNC(=O)CN1CCN(C(=O)CCCCCl)CC1. The molecule has 18 heavy (non-hydrogen) atoms. The summed E-state index contributed by atoms with van der Waals surface area (Å²) in [4.78, 5) is 27.0. The van der Waals surface area contributed by atoms with E-state index in [4.69, 9.17) is 11.6 Å². The highest BCUT2D eigenvalue weighted by Gasteiger charge is 2.21. The molecule has 0 bridgehead atoms. The first-order valence-corrected chi connectivity index (χ1v) is 6.97. The molecule has 0 spiro atoms. The summed E-state index contributed by atoms with van der Waals surface area (Å²) in [5.41, 5.74) is 0. The zero-order chi connectivity index (χ0) is 13.4. The molecule has 1 heterocycles. The Bertz CT molecular complexity index is 278. The molecule has 0 aromatic heterocycles. The number of nitrogens with zero attached hydrogens (tertiary/aromatic N) is 2. The van der Waals surface area contributed by atoms with Crippen molar-refractivity contribution in [2.75, 3.05) is 45.7 Å². The monoisotopic (exact) mass is 275 g/mol. The number of hydrogen-bond acceptors (Lipinski definition) is 3. The molecule has 2 amide bonds. The fourth-order valence-corrected chi connectivity index (χ4v) is 2.16. The second kappa shape index (κ2) is 8.32. The van der Waals surface area contributed by atoms with Gasteiger partial charge in [-0.05, 0) is 12.8 Å². The lowest BCUT2D eigenvalue weighted by Gasteiger charge is -2.34. The Morgan fingerprint density at radius 3 is 2.39 bits per heavy atom. The number of likely N-dealkylation sites (N-methyl/N-ethyl adjacent to an activating group) is 1. The molecule has 0 radical (unpaired) electrons. The van der Waals surface area contributed by atoms with Gasteiger partial charge in [0.05, 0.1) is 6.54 Å². The standard InChI is InChI=1S/C12H22ClN3O2/c1-14-11(17)10-15-6-8-16(9-7-15)12(18)4-2-3-5-13/h2-10H2,1H3,(H,14,17). The lowest BCUT2D eigenvalue weighted by Crippen LogP contribution is -2.50. The highest BCUT2D eigenvalue weighted by molar-refractivity contribution is 6.17. The van der Waals surface area contributed by atoms with Crippen molar-refractivity contribution in [2.45, 2.75) is 19.3 Å². The van der Waals surface area contributed by atoms with Gasteiger partial charge in [-0.15, -0.1) is 11.6 Å². The van der Waals surface area contributed by atoms with Crippen LogP contribution in [-0.4, -0.2) is 67.3 Å². The highest BCUT2D eigenvalue weighted by atomic mass is 35.5. The molecule has 1 saturated heterocycles. The number of rotatable bonds is 6. The van der Waals surface area contributed by atoms with E-state index in [9.17, 15) is 9.59 Å². The number of hydrogen-bond donors (Lipinski definition) is 1. The molecule has 1 aliphatic heterocycles. The Labute approximate surface area is 113 Å². The van der Waals surface area contributed by atoms with E-state index in [0.717, 1.165) is 39.0 Å². The van der Waals surface area contributed by atoms with Crippen molar-refractivity contribution in [1.29, 1.82) is 0 Å². The lowest BCUT2D eigenvalue weighted by molar-refractivity contribution is -0.133. The van der Waals surface area contributed by atoms with Gasteiger partial charge in [0.1, 0.15) is 0 Å². The minimum Gasteiger partial charge on any atom is -0.358 e. The molecule has 0 aliphatic carbocycles. The number of piperazine rings is 1. The van der Waals surface area contributed by atoms with Crippen LogP contribution in [0.5, 0.6) is 0 Å². The topological polar surface area (TPSA) is 52.7 Å². The third-order valence-electron chi connectivity index (χ3n) is 3.15. The van der Waals surface area contributed by atoms with Gasteiger partial charge < -0.3 is 10.2 Å². The van der Waals surface area contributed by atoms with Crippen molar-refractivity contribution in [2.24, 2.45) is 0 Å². The summed E-state index contributed by atoms with van der Waals surface area (Å²) in [7, 11) is 1.64. The molecule has 6 heteroatoms. The molecular weight excluding hydrogens is 254 g/mol. The van der Waals surface area contributed by atoms with Crippen molar-refractivity contribution >= 4 is 23.4 Å². The van der Waals surface area contributed by atoms with Crippen molar-refractivity contribution < 1.29 is 9.59 Å². The van der Waals surface area contributed by atoms with Gasteiger partial charge in [-0.1, -0.05) is 0 Å². The van der Waals surface area contributed by atoms with Gasteiger partial charge in [-0.3, -0.25) is 14.5 Å². The first-order chi connectivity index (χ1) is 8.67. The van der Waals surface area contributed by atoms with Gasteiger partial charge in [0.25, 0.3) is 0 Å². The number of carbonyl (C=O) groups excluding carboxylic acids is 2. The number of amides is 2. The zero-order valence-electron chi connectivity index (χ0n) is 11.0. The predicted molar refractivity (Wildman–Crippen MR) is 71.7 cm³/mol. The largest absolute Gasteiger partial charge is 0.358 e. The van der Waals surface area contributed by atoms with Crippen LogP contribution in [0.15, 0.2) is 0 Å². The Kier molecular flexibility index (Phi) is 7.05. The molecule has 1 N–H and O–H groups in total. The van der Waals surface area contributed by atoms with Crippen LogP contribution >= 0.6 is 11.6 Å². The summed E-state index contributed by atoms with van der Waals surface area (Å²) in [6, 6.07) is 0. The van der Waals surface area contributed by atoms with E-state index in [1.807, 2.05) is 4.90 Å². The maximum absolute atomic E-state index is 11.8. The smallest absolute Gasteiger partial charge is 0.233 e. The normalized spacial score (nSPS) is 16.7. The first-order valence-electron chi connectivity index (χ1n) is 6.44. The number of carbonyl (C=O) groups is 2. The Morgan fingerprint density at radius 2 is 1.83 bits per heavy atom. The Balaban J connectivity index is 2.22. The van der Waals surface area contributed by atoms with Gasteiger partial charge in [0.2, 0.25) is 11.8 Å². The van der Waals surface area contributed by atoms with Crippen LogP contribution in [0.25, 0.3) is 0 Å². The van der Waals surface area contributed by atoms with Crippen LogP contribution in [0.3, 0.4) is 0 Å². The number of nitrogens with one attached hydrogen (secondary N) is 1. The van der Waals surface area contributed by atoms with Crippen LogP contribution < -0.4 is 5.32 Å². The average molecular weight is 276 g/mol. The number of halogens is 1. The first kappa shape index (κ1) is 15.2. The molecule has 0 aromatic carbocycles. The van der Waals surface area contributed by atoms with E-state index in [-0.39, 0.29) is 11.8 Å². The molecule has 5 nitrogen and oxygen atoms in total. The van der Waals surface area contributed by atoms with Crippen LogP contribution in [0, 0.1) is 0 Å². The molecule has 0 saturated carbocycles. The third-order valence-corrected chi connectivity index (χ3v) is 3.41. The van der Waals surface area contributed by atoms with Gasteiger partial charge in [0, 0.05) is 45.5 Å². The molecule has 0 atom stereocenters. The second-order valence-electron chi connectivity index (χ2n) is 4.48. The summed E-state index contributed by atoms with van der Waals surface area (Å²) in [6.07, 6.45) is 2.34. The molecule has 1 fully saturated rings. The van der Waals surface area contributed by atoms with Gasteiger partial charge >= 0.3 is 0 Å². The van der Waals surface area contributed by atoms with Crippen LogP contribution in [-0.2, 0) is 9.59 Å². The Morgan fingerprint density at radius 1 is 1.17 bits per heavy atom. The second-order valence-corrected chi connectivity index (χ2v) is 4.85. The van der Waals surface area contributed by atoms with Crippen LogP contribution in [0.4, 0.5) is 0 Å². The summed E-state index contributed by atoms with van der Waals surface area (Å²) in [5, 5.41) is 2.61. The van der Waals surface area contributed by atoms with E-state index in [1.165, 1.54) is 0 Å². The molecular formula is C12H22ClN3O2. The van der Waals surface area contributed by atoms with Crippen molar-refractivity contribution in [3.63, 3.8) is 0 Å². The van der Waals surface area contributed by atoms with E-state index < -0.39 is 0 Å². The van der Waals surface area contributed by atoms with Crippen LogP contribution in [0.2, 0.25) is 0 Å². The van der Waals surface area contributed by atoms with Crippen LogP contribution in [0.1, 0.15) is 19.3 Å². The van der Waals surface area contributed by atoms with E-state index in [2.05, 4.69) is 10.2 Å². The van der Waals surface area contributed by atoms with Gasteiger partial charge in [-0.25, -0.2) is 0 Å². The summed E-state index contributed by atoms with van der Waals surface area (Å²) >= 11 is 5.58. The third kappa shape index (κ3) is 5.23.